The molecule has 1 aliphatic rings. The van der Waals surface area contributed by atoms with Crippen LogP contribution in [0.25, 0.3) is 0 Å². The van der Waals surface area contributed by atoms with E-state index in [9.17, 15) is 4.79 Å². The minimum absolute atomic E-state index is 0.0331. The molecule has 110 valence electrons. The Morgan fingerprint density at radius 1 is 1.00 bits per heavy atom. The van der Waals surface area contributed by atoms with E-state index in [1.165, 1.54) is 27.3 Å². The standard InChI is InChI=1S/C18H15NOS2/c20-18(16-7-4-11-21-16)19-10-8-15-14(9-12-22-15)17(19)13-5-2-1-3-6-13/h1-7,9,11-12,17H,8,10H2. The highest BCUT2D eigenvalue weighted by molar-refractivity contribution is 7.12. The Morgan fingerprint density at radius 2 is 1.86 bits per heavy atom. The van der Waals surface area contributed by atoms with Gasteiger partial charge in [-0.15, -0.1) is 22.7 Å². The van der Waals surface area contributed by atoms with Gasteiger partial charge in [0.2, 0.25) is 0 Å². The van der Waals surface area contributed by atoms with Gasteiger partial charge in [-0.2, -0.15) is 0 Å². The largest absolute Gasteiger partial charge is 0.326 e. The van der Waals surface area contributed by atoms with Crippen LogP contribution in [0, 0.1) is 0 Å². The molecule has 1 aromatic carbocycles. The molecule has 4 heteroatoms. The number of benzene rings is 1. The van der Waals surface area contributed by atoms with E-state index in [-0.39, 0.29) is 11.9 Å². The van der Waals surface area contributed by atoms with Gasteiger partial charge < -0.3 is 4.90 Å². The molecule has 0 saturated carbocycles. The van der Waals surface area contributed by atoms with Gasteiger partial charge >= 0.3 is 0 Å². The lowest BCUT2D eigenvalue weighted by Crippen LogP contribution is -2.39. The van der Waals surface area contributed by atoms with Crippen molar-refractivity contribution in [2.75, 3.05) is 6.54 Å². The molecule has 2 nitrogen and oxygen atoms in total. The molecule has 3 aromatic rings. The van der Waals surface area contributed by atoms with Gasteiger partial charge in [0, 0.05) is 11.4 Å². The Kier molecular flexibility index (Phi) is 3.56. The number of rotatable bonds is 2. The van der Waals surface area contributed by atoms with Crippen molar-refractivity contribution in [1.29, 1.82) is 0 Å². The third-order valence-corrected chi connectivity index (χ3v) is 5.93. The van der Waals surface area contributed by atoms with Crippen molar-refractivity contribution < 1.29 is 4.79 Å². The van der Waals surface area contributed by atoms with Crippen molar-refractivity contribution in [2.24, 2.45) is 0 Å². The summed E-state index contributed by atoms with van der Waals surface area (Å²) in [6.45, 7) is 0.782. The molecule has 0 bridgehead atoms. The molecule has 0 fully saturated rings. The zero-order valence-corrected chi connectivity index (χ0v) is 13.6. The fourth-order valence-corrected chi connectivity index (χ4v) is 4.65. The molecule has 0 radical (unpaired) electrons. The number of thiophene rings is 2. The first kappa shape index (κ1) is 13.7. The molecule has 1 unspecified atom stereocenters. The topological polar surface area (TPSA) is 20.3 Å². The van der Waals surface area contributed by atoms with Gasteiger partial charge in [-0.05, 0) is 40.4 Å². The number of hydrogen-bond donors (Lipinski definition) is 0. The Hall–Kier alpha value is -1.91. The van der Waals surface area contributed by atoms with Crippen LogP contribution in [0.15, 0.2) is 59.3 Å². The summed E-state index contributed by atoms with van der Waals surface area (Å²) >= 11 is 3.32. The second-order valence-corrected chi connectivity index (χ2v) is 7.29. The van der Waals surface area contributed by atoms with Crippen molar-refractivity contribution in [3.05, 3.63) is 80.2 Å². The maximum atomic E-state index is 12.9. The monoisotopic (exact) mass is 325 g/mol. The molecule has 1 amide bonds. The fourth-order valence-electron chi connectivity index (χ4n) is 3.07. The molecule has 2 aromatic heterocycles. The first-order valence-corrected chi connectivity index (χ1v) is 9.06. The smallest absolute Gasteiger partial charge is 0.264 e. The summed E-state index contributed by atoms with van der Waals surface area (Å²) in [5, 5.41) is 4.10. The van der Waals surface area contributed by atoms with Crippen LogP contribution in [0.3, 0.4) is 0 Å². The maximum absolute atomic E-state index is 12.9. The van der Waals surface area contributed by atoms with E-state index in [0.717, 1.165) is 17.8 Å². The molecule has 1 aliphatic heterocycles. The third-order valence-electron chi connectivity index (χ3n) is 4.07. The molecular weight excluding hydrogens is 310 g/mol. The average Bonchev–Trinajstić information content (AvgIpc) is 3.25. The zero-order valence-electron chi connectivity index (χ0n) is 11.9. The molecule has 3 heterocycles. The summed E-state index contributed by atoms with van der Waals surface area (Å²) in [7, 11) is 0. The van der Waals surface area contributed by atoms with Gasteiger partial charge in [0.05, 0.1) is 10.9 Å². The second-order valence-electron chi connectivity index (χ2n) is 5.34. The minimum Gasteiger partial charge on any atom is -0.326 e. The van der Waals surface area contributed by atoms with E-state index in [1.54, 1.807) is 11.3 Å². The van der Waals surface area contributed by atoms with Crippen molar-refractivity contribution >= 4 is 28.6 Å². The normalized spacial score (nSPS) is 17.3. The Balaban J connectivity index is 1.79. The van der Waals surface area contributed by atoms with Crippen molar-refractivity contribution in [1.82, 2.24) is 4.90 Å². The van der Waals surface area contributed by atoms with Crippen molar-refractivity contribution in [2.45, 2.75) is 12.5 Å². The number of fused-ring (bicyclic) bond motifs is 1. The van der Waals surface area contributed by atoms with E-state index >= 15 is 0 Å². The number of carbonyl (C=O) groups is 1. The van der Waals surface area contributed by atoms with Crippen LogP contribution < -0.4 is 0 Å². The van der Waals surface area contributed by atoms with Crippen molar-refractivity contribution in [3.63, 3.8) is 0 Å². The van der Waals surface area contributed by atoms with Crippen molar-refractivity contribution in [3.8, 4) is 0 Å². The Bertz CT molecular complexity index is 777. The predicted molar refractivity (Wildman–Crippen MR) is 91.7 cm³/mol. The molecule has 0 N–H and O–H groups in total. The van der Waals surface area contributed by atoms with E-state index in [4.69, 9.17) is 0 Å². The number of carbonyl (C=O) groups excluding carboxylic acids is 1. The zero-order chi connectivity index (χ0) is 14.9. The molecule has 22 heavy (non-hydrogen) atoms. The van der Waals surface area contributed by atoms with Crippen LogP contribution in [0.4, 0.5) is 0 Å². The maximum Gasteiger partial charge on any atom is 0.264 e. The van der Waals surface area contributed by atoms with Crippen LogP contribution in [0.1, 0.15) is 31.7 Å². The highest BCUT2D eigenvalue weighted by atomic mass is 32.1. The van der Waals surface area contributed by atoms with E-state index in [2.05, 4.69) is 23.6 Å². The van der Waals surface area contributed by atoms with Gasteiger partial charge in [0.1, 0.15) is 0 Å². The quantitative estimate of drug-likeness (QED) is 0.674. The van der Waals surface area contributed by atoms with Crippen LogP contribution in [-0.4, -0.2) is 17.4 Å². The summed E-state index contributed by atoms with van der Waals surface area (Å²) in [6.07, 6.45) is 0.952. The SMILES string of the molecule is O=C(c1cccs1)N1CCc2sccc2C1c1ccccc1. The van der Waals surface area contributed by atoms with E-state index in [1.807, 2.05) is 40.6 Å². The first-order chi connectivity index (χ1) is 10.8. The van der Waals surface area contributed by atoms with Gasteiger partial charge in [-0.25, -0.2) is 0 Å². The Labute approximate surface area is 137 Å². The van der Waals surface area contributed by atoms with Gasteiger partial charge in [0.15, 0.2) is 0 Å². The molecular formula is C18H15NOS2. The van der Waals surface area contributed by atoms with Crippen LogP contribution in [-0.2, 0) is 6.42 Å². The average molecular weight is 325 g/mol. The van der Waals surface area contributed by atoms with E-state index in [0.29, 0.717) is 0 Å². The van der Waals surface area contributed by atoms with Gasteiger partial charge in [0.25, 0.3) is 5.91 Å². The fraction of sp³-hybridized carbons (Fsp3) is 0.167. The van der Waals surface area contributed by atoms with E-state index < -0.39 is 0 Å². The number of hydrogen-bond acceptors (Lipinski definition) is 3. The minimum atomic E-state index is 0.0331. The van der Waals surface area contributed by atoms with Gasteiger partial charge in [-0.3, -0.25) is 4.79 Å². The lowest BCUT2D eigenvalue weighted by molar-refractivity contribution is 0.0701. The highest BCUT2D eigenvalue weighted by Gasteiger charge is 2.33. The highest BCUT2D eigenvalue weighted by Crippen LogP contribution is 2.38. The second kappa shape index (κ2) is 5.71. The summed E-state index contributed by atoms with van der Waals surface area (Å²) in [5.41, 5.74) is 2.47. The molecule has 0 saturated heterocycles. The Morgan fingerprint density at radius 3 is 2.64 bits per heavy atom. The molecule has 0 spiro atoms. The number of amides is 1. The lowest BCUT2D eigenvalue weighted by Gasteiger charge is -2.36. The molecule has 1 atom stereocenters. The van der Waals surface area contributed by atoms with Gasteiger partial charge in [-0.1, -0.05) is 36.4 Å². The predicted octanol–water partition coefficient (Wildman–Crippen LogP) is 4.60. The molecule has 0 aliphatic carbocycles. The summed E-state index contributed by atoms with van der Waals surface area (Å²) in [4.78, 5) is 17.2. The summed E-state index contributed by atoms with van der Waals surface area (Å²) < 4.78 is 0. The molecule has 4 rings (SSSR count). The number of nitrogens with zero attached hydrogens (tertiary/aromatic N) is 1. The van der Waals surface area contributed by atoms with Crippen LogP contribution in [0.2, 0.25) is 0 Å². The third kappa shape index (κ3) is 2.28. The lowest BCUT2D eigenvalue weighted by atomic mass is 9.93. The summed E-state index contributed by atoms with van der Waals surface area (Å²) in [6, 6.07) is 16.4. The van der Waals surface area contributed by atoms with Crippen LogP contribution >= 0.6 is 22.7 Å². The summed E-state index contributed by atoms with van der Waals surface area (Å²) in [5.74, 6) is 0.140. The first-order valence-electron chi connectivity index (χ1n) is 7.30. The van der Waals surface area contributed by atoms with Crippen LogP contribution in [0.5, 0.6) is 0 Å².